The predicted octanol–water partition coefficient (Wildman–Crippen LogP) is 4.39. The number of dihydropyridines is 1. The Morgan fingerprint density at radius 2 is 1.41 bits per heavy atom. The van der Waals surface area contributed by atoms with Gasteiger partial charge in [0.25, 0.3) is 0 Å². The van der Waals surface area contributed by atoms with Crippen LogP contribution in [0.25, 0.3) is 0 Å². The van der Waals surface area contributed by atoms with E-state index in [9.17, 15) is 9.59 Å². The number of carbonyl (C=O) groups excluding carboxylic acids is 2. The molecule has 0 saturated carbocycles. The molecule has 0 saturated heterocycles. The lowest BCUT2D eigenvalue weighted by atomic mass is 9.62. The van der Waals surface area contributed by atoms with E-state index in [1.54, 1.807) is 0 Å². The van der Waals surface area contributed by atoms with Crippen molar-refractivity contribution in [2.75, 3.05) is 6.79 Å². The molecule has 29 heavy (non-hydrogen) atoms. The summed E-state index contributed by atoms with van der Waals surface area (Å²) in [5.41, 5.74) is 3.55. The van der Waals surface area contributed by atoms with Crippen LogP contribution in [0.1, 0.15) is 64.9 Å². The molecule has 1 N–H and O–H groups in total. The van der Waals surface area contributed by atoms with Crippen molar-refractivity contribution in [3.63, 3.8) is 0 Å². The molecule has 0 atom stereocenters. The number of ketones is 2. The van der Waals surface area contributed by atoms with Crippen LogP contribution in [0.2, 0.25) is 0 Å². The number of ether oxygens (including phenoxy) is 2. The molecule has 0 unspecified atom stereocenters. The van der Waals surface area contributed by atoms with Crippen LogP contribution in [0.15, 0.2) is 40.7 Å². The number of hydrogen-bond acceptors (Lipinski definition) is 5. The Kier molecular flexibility index (Phi) is 3.80. The minimum Gasteiger partial charge on any atom is -0.454 e. The van der Waals surface area contributed by atoms with Crippen molar-refractivity contribution >= 4 is 11.6 Å². The lowest BCUT2D eigenvalue weighted by molar-refractivity contribution is -0.125. The molecule has 0 bridgehead atoms. The van der Waals surface area contributed by atoms with Gasteiger partial charge in [-0.2, -0.15) is 0 Å². The molecule has 2 aliphatic carbocycles. The van der Waals surface area contributed by atoms with Gasteiger partial charge in [0.15, 0.2) is 23.1 Å². The fraction of sp³-hybridized carbons (Fsp3) is 0.500. The first kappa shape index (κ1) is 18.5. The number of rotatable bonds is 1. The second-order valence-electron chi connectivity index (χ2n) is 9.88. The highest BCUT2D eigenvalue weighted by Gasteiger charge is 2.48. The number of hydrogen-bond donors (Lipinski definition) is 1. The second kappa shape index (κ2) is 5.97. The van der Waals surface area contributed by atoms with Gasteiger partial charge in [0.2, 0.25) is 6.79 Å². The van der Waals surface area contributed by atoms with E-state index in [4.69, 9.17) is 9.47 Å². The molecule has 5 nitrogen and oxygen atoms in total. The van der Waals surface area contributed by atoms with Gasteiger partial charge in [-0.15, -0.1) is 0 Å². The van der Waals surface area contributed by atoms with E-state index in [0.717, 1.165) is 53.8 Å². The molecule has 0 fully saturated rings. The minimum atomic E-state index is -0.430. The summed E-state index contributed by atoms with van der Waals surface area (Å²) in [6, 6.07) is 5.80. The summed E-state index contributed by atoms with van der Waals surface area (Å²) in [5, 5.41) is 3.51. The zero-order chi connectivity index (χ0) is 20.6. The average Bonchev–Trinajstić information content (AvgIpc) is 3.15. The van der Waals surface area contributed by atoms with Crippen LogP contribution >= 0.6 is 0 Å². The predicted molar refractivity (Wildman–Crippen MR) is 109 cm³/mol. The van der Waals surface area contributed by atoms with Crippen LogP contribution in [-0.4, -0.2) is 18.4 Å². The Bertz CT molecular complexity index is 960. The molecule has 0 spiro atoms. The van der Waals surface area contributed by atoms with Gasteiger partial charge in [-0.25, -0.2) is 0 Å². The largest absolute Gasteiger partial charge is 0.454 e. The first-order valence-corrected chi connectivity index (χ1v) is 10.4. The van der Waals surface area contributed by atoms with Crippen LogP contribution in [-0.2, 0) is 9.59 Å². The lowest BCUT2D eigenvalue weighted by Crippen LogP contribution is -2.44. The highest BCUT2D eigenvalue weighted by Crippen LogP contribution is 2.52. The first-order chi connectivity index (χ1) is 13.7. The van der Waals surface area contributed by atoms with Crippen molar-refractivity contribution in [1.29, 1.82) is 0 Å². The van der Waals surface area contributed by atoms with E-state index >= 15 is 0 Å². The number of nitrogens with one attached hydrogen (secondary N) is 1. The third kappa shape index (κ3) is 2.66. The van der Waals surface area contributed by atoms with Gasteiger partial charge < -0.3 is 14.8 Å². The molecule has 5 heteroatoms. The van der Waals surface area contributed by atoms with Crippen LogP contribution in [0.3, 0.4) is 0 Å². The smallest absolute Gasteiger partial charge is 0.231 e. The maximum absolute atomic E-state index is 13.6. The molecule has 0 aromatic heterocycles. The summed E-state index contributed by atoms with van der Waals surface area (Å²) in [7, 11) is 0. The summed E-state index contributed by atoms with van der Waals surface area (Å²) in [6.45, 7) is 8.22. The number of benzene rings is 1. The van der Waals surface area contributed by atoms with Gasteiger partial charge in [-0.05, 0) is 43.4 Å². The molecular weight excluding hydrogens is 366 g/mol. The third-order valence-corrected chi connectivity index (χ3v) is 6.98. The number of allylic oxidation sites excluding steroid dienone is 4. The Morgan fingerprint density at radius 3 is 2.00 bits per heavy atom. The highest BCUT2D eigenvalue weighted by molar-refractivity contribution is 6.09. The van der Waals surface area contributed by atoms with Gasteiger partial charge in [0, 0.05) is 39.3 Å². The topological polar surface area (TPSA) is 64.6 Å². The van der Waals surface area contributed by atoms with Crippen molar-refractivity contribution in [2.24, 2.45) is 10.8 Å². The van der Waals surface area contributed by atoms with E-state index in [-0.39, 0.29) is 24.3 Å². The van der Waals surface area contributed by atoms with Crippen molar-refractivity contribution in [3.8, 4) is 11.5 Å². The van der Waals surface area contributed by atoms with Gasteiger partial charge in [-0.3, -0.25) is 9.59 Å². The van der Waals surface area contributed by atoms with Gasteiger partial charge in [0.1, 0.15) is 0 Å². The summed E-state index contributed by atoms with van der Waals surface area (Å²) < 4.78 is 11.1. The normalized spacial score (nSPS) is 25.0. The molecule has 5 rings (SSSR count). The molecule has 1 aromatic carbocycles. The fourth-order valence-electron chi connectivity index (χ4n) is 5.00. The standard InChI is InChI=1S/C24H27NO4/c1-23(2)9-7-14-19(21(23)26)18(13-5-6-16-17(11-13)29-12-28-16)20-15(25-14)8-10-24(3,4)22(20)27/h5-6,11,18,25H,7-10,12H2,1-4H3. The summed E-state index contributed by atoms with van der Waals surface area (Å²) in [4.78, 5) is 27.1. The maximum atomic E-state index is 13.6. The van der Waals surface area contributed by atoms with E-state index in [1.165, 1.54) is 0 Å². The van der Waals surface area contributed by atoms with Crippen molar-refractivity contribution in [3.05, 3.63) is 46.3 Å². The molecule has 2 aliphatic heterocycles. The monoisotopic (exact) mass is 393 g/mol. The van der Waals surface area contributed by atoms with E-state index < -0.39 is 10.8 Å². The second-order valence-corrected chi connectivity index (χ2v) is 9.88. The Balaban J connectivity index is 1.72. The number of Topliss-reactive ketones (excluding diaryl/α,β-unsaturated/α-hetero) is 2. The highest BCUT2D eigenvalue weighted by atomic mass is 16.7. The van der Waals surface area contributed by atoms with Gasteiger partial charge >= 0.3 is 0 Å². The van der Waals surface area contributed by atoms with E-state index in [2.05, 4.69) is 5.32 Å². The van der Waals surface area contributed by atoms with Gasteiger partial charge in [-0.1, -0.05) is 33.8 Å². The molecule has 0 amide bonds. The molecule has 1 aromatic rings. The Labute approximate surface area is 171 Å². The molecule has 0 radical (unpaired) electrons. The van der Waals surface area contributed by atoms with Gasteiger partial charge in [0.05, 0.1) is 0 Å². The van der Waals surface area contributed by atoms with E-state index in [0.29, 0.717) is 11.5 Å². The zero-order valence-corrected chi connectivity index (χ0v) is 17.5. The lowest BCUT2D eigenvalue weighted by Gasteiger charge is -2.44. The third-order valence-electron chi connectivity index (χ3n) is 6.98. The number of carbonyl (C=O) groups is 2. The average molecular weight is 393 g/mol. The van der Waals surface area contributed by atoms with Crippen molar-refractivity contribution in [2.45, 2.75) is 59.3 Å². The van der Waals surface area contributed by atoms with Crippen LogP contribution in [0.5, 0.6) is 11.5 Å². The van der Waals surface area contributed by atoms with Crippen LogP contribution in [0, 0.1) is 10.8 Å². The van der Waals surface area contributed by atoms with E-state index in [1.807, 2.05) is 45.9 Å². The summed E-state index contributed by atoms with van der Waals surface area (Å²) in [6.07, 6.45) is 3.27. The molecule has 2 heterocycles. The minimum absolute atomic E-state index is 0.136. The van der Waals surface area contributed by atoms with Crippen molar-refractivity contribution < 1.29 is 19.1 Å². The molecule has 4 aliphatic rings. The number of fused-ring (bicyclic) bond motifs is 1. The summed E-state index contributed by atoms with van der Waals surface area (Å²) in [5.74, 6) is 1.30. The SMILES string of the molecule is CC1(C)CCC2=C(C1=O)C(c1ccc3c(c1)OCO3)C1=C(CCC(C)(C)C1=O)N2. The quantitative estimate of drug-likeness (QED) is 0.767. The summed E-state index contributed by atoms with van der Waals surface area (Å²) >= 11 is 0. The Hall–Kier alpha value is -2.56. The van der Waals surface area contributed by atoms with Crippen molar-refractivity contribution in [1.82, 2.24) is 5.32 Å². The molecular formula is C24H27NO4. The van der Waals surface area contributed by atoms with Crippen LogP contribution in [0.4, 0.5) is 0 Å². The fourth-order valence-corrected chi connectivity index (χ4v) is 5.00. The zero-order valence-electron chi connectivity index (χ0n) is 17.5. The van der Waals surface area contributed by atoms with Crippen LogP contribution < -0.4 is 14.8 Å². The first-order valence-electron chi connectivity index (χ1n) is 10.4. The molecule has 152 valence electrons. The Morgan fingerprint density at radius 1 is 0.862 bits per heavy atom. The maximum Gasteiger partial charge on any atom is 0.231 e.